The molecule has 0 amide bonds. The van der Waals surface area contributed by atoms with Gasteiger partial charge in [-0.2, -0.15) is 0 Å². The standard InChI is InChI=1S/C11H19N3/c1-4-14(3)11(9-12-2)10-5-7-13-8-6-10/h5-8,11-12H,4,9H2,1-3H3. The van der Waals surface area contributed by atoms with Gasteiger partial charge in [-0.3, -0.25) is 9.88 Å². The third-order valence-corrected chi connectivity index (χ3v) is 2.52. The van der Waals surface area contributed by atoms with Gasteiger partial charge in [0.15, 0.2) is 0 Å². The smallest absolute Gasteiger partial charge is 0.0470 e. The largest absolute Gasteiger partial charge is 0.318 e. The van der Waals surface area contributed by atoms with Crippen LogP contribution in [0.2, 0.25) is 0 Å². The molecule has 0 fully saturated rings. The summed E-state index contributed by atoms with van der Waals surface area (Å²) in [5.74, 6) is 0. The van der Waals surface area contributed by atoms with Crippen molar-refractivity contribution in [3.8, 4) is 0 Å². The van der Waals surface area contributed by atoms with Gasteiger partial charge in [-0.15, -0.1) is 0 Å². The normalized spacial score (nSPS) is 13.1. The highest BCUT2D eigenvalue weighted by Gasteiger charge is 2.13. The summed E-state index contributed by atoms with van der Waals surface area (Å²) in [7, 11) is 4.13. The summed E-state index contributed by atoms with van der Waals surface area (Å²) < 4.78 is 0. The first-order chi connectivity index (χ1) is 6.79. The van der Waals surface area contributed by atoms with Gasteiger partial charge in [0.05, 0.1) is 0 Å². The van der Waals surface area contributed by atoms with Gasteiger partial charge in [0, 0.05) is 25.0 Å². The third kappa shape index (κ3) is 2.79. The first-order valence-electron chi connectivity index (χ1n) is 5.04. The van der Waals surface area contributed by atoms with E-state index < -0.39 is 0 Å². The monoisotopic (exact) mass is 193 g/mol. The van der Waals surface area contributed by atoms with E-state index in [4.69, 9.17) is 0 Å². The second-order valence-corrected chi connectivity index (χ2v) is 3.43. The van der Waals surface area contributed by atoms with Gasteiger partial charge in [0.25, 0.3) is 0 Å². The summed E-state index contributed by atoms with van der Waals surface area (Å²) in [4.78, 5) is 6.36. The van der Waals surface area contributed by atoms with E-state index in [9.17, 15) is 0 Å². The van der Waals surface area contributed by atoms with Crippen LogP contribution in [0.1, 0.15) is 18.5 Å². The van der Waals surface area contributed by atoms with Crippen molar-refractivity contribution >= 4 is 0 Å². The van der Waals surface area contributed by atoms with Crippen LogP contribution < -0.4 is 5.32 Å². The molecule has 3 heteroatoms. The van der Waals surface area contributed by atoms with E-state index in [-0.39, 0.29) is 0 Å². The van der Waals surface area contributed by atoms with E-state index in [0.29, 0.717) is 6.04 Å². The molecule has 1 rings (SSSR count). The molecular formula is C11H19N3. The molecule has 0 radical (unpaired) electrons. The maximum Gasteiger partial charge on any atom is 0.0470 e. The summed E-state index contributed by atoms with van der Waals surface area (Å²) in [6.45, 7) is 4.19. The van der Waals surface area contributed by atoms with E-state index in [1.807, 2.05) is 19.4 Å². The number of aromatic nitrogens is 1. The average molecular weight is 193 g/mol. The number of likely N-dealkylation sites (N-methyl/N-ethyl adjacent to an activating group) is 2. The number of nitrogens with one attached hydrogen (secondary N) is 1. The van der Waals surface area contributed by atoms with E-state index in [2.05, 4.69) is 41.3 Å². The molecule has 1 atom stereocenters. The van der Waals surface area contributed by atoms with Crippen molar-refractivity contribution in [2.75, 3.05) is 27.2 Å². The Bertz CT molecular complexity index is 248. The van der Waals surface area contributed by atoms with Crippen molar-refractivity contribution in [1.82, 2.24) is 15.2 Å². The zero-order valence-electron chi connectivity index (χ0n) is 9.20. The lowest BCUT2D eigenvalue weighted by molar-refractivity contribution is 0.253. The SMILES string of the molecule is CCN(C)C(CNC)c1ccncc1. The van der Waals surface area contributed by atoms with Crippen molar-refractivity contribution in [3.63, 3.8) is 0 Å². The number of hydrogen-bond donors (Lipinski definition) is 1. The Kier molecular flexibility index (Phi) is 4.56. The summed E-state index contributed by atoms with van der Waals surface area (Å²) in [6, 6.07) is 4.59. The molecule has 0 aromatic carbocycles. The molecule has 3 nitrogen and oxygen atoms in total. The quantitative estimate of drug-likeness (QED) is 0.764. The molecule has 0 aliphatic rings. The van der Waals surface area contributed by atoms with Crippen LogP contribution in [-0.2, 0) is 0 Å². The van der Waals surface area contributed by atoms with Gasteiger partial charge in [-0.1, -0.05) is 6.92 Å². The first-order valence-corrected chi connectivity index (χ1v) is 5.04. The predicted molar refractivity (Wildman–Crippen MR) is 59.2 cm³/mol. The molecule has 1 aromatic heterocycles. The van der Waals surface area contributed by atoms with Crippen LogP contribution in [0.3, 0.4) is 0 Å². The number of nitrogens with zero attached hydrogens (tertiary/aromatic N) is 2. The number of hydrogen-bond acceptors (Lipinski definition) is 3. The lowest BCUT2D eigenvalue weighted by Gasteiger charge is -2.26. The minimum Gasteiger partial charge on any atom is -0.318 e. The highest BCUT2D eigenvalue weighted by atomic mass is 15.1. The van der Waals surface area contributed by atoms with Crippen molar-refractivity contribution in [3.05, 3.63) is 30.1 Å². The van der Waals surface area contributed by atoms with Crippen molar-refractivity contribution in [2.45, 2.75) is 13.0 Å². The summed E-state index contributed by atoms with van der Waals surface area (Å²) in [5, 5.41) is 3.22. The maximum atomic E-state index is 4.03. The lowest BCUT2D eigenvalue weighted by Crippen LogP contribution is -2.31. The van der Waals surface area contributed by atoms with Crippen LogP contribution in [-0.4, -0.2) is 37.1 Å². The van der Waals surface area contributed by atoms with Crippen LogP contribution in [0.15, 0.2) is 24.5 Å². The zero-order valence-corrected chi connectivity index (χ0v) is 9.20. The molecule has 78 valence electrons. The van der Waals surface area contributed by atoms with Gasteiger partial charge in [-0.05, 0) is 38.3 Å². The lowest BCUT2D eigenvalue weighted by atomic mass is 10.1. The summed E-state index contributed by atoms with van der Waals surface area (Å²) in [6.07, 6.45) is 3.70. The number of rotatable bonds is 5. The second-order valence-electron chi connectivity index (χ2n) is 3.43. The first kappa shape index (κ1) is 11.1. The Morgan fingerprint density at radius 2 is 2.07 bits per heavy atom. The molecule has 0 bridgehead atoms. The predicted octanol–water partition coefficient (Wildman–Crippen LogP) is 1.29. The van der Waals surface area contributed by atoms with Gasteiger partial charge < -0.3 is 5.32 Å². The van der Waals surface area contributed by atoms with Crippen molar-refractivity contribution in [2.24, 2.45) is 0 Å². The molecule has 0 aliphatic heterocycles. The Morgan fingerprint density at radius 3 is 2.57 bits per heavy atom. The molecule has 0 aliphatic carbocycles. The fourth-order valence-electron chi connectivity index (χ4n) is 1.53. The van der Waals surface area contributed by atoms with Crippen LogP contribution in [0.4, 0.5) is 0 Å². The van der Waals surface area contributed by atoms with Gasteiger partial charge >= 0.3 is 0 Å². The molecule has 1 heterocycles. The van der Waals surface area contributed by atoms with Crippen LogP contribution >= 0.6 is 0 Å². The van der Waals surface area contributed by atoms with Crippen LogP contribution in [0.25, 0.3) is 0 Å². The van der Waals surface area contributed by atoms with Gasteiger partial charge in [0.2, 0.25) is 0 Å². The minimum atomic E-state index is 0.438. The van der Waals surface area contributed by atoms with Crippen LogP contribution in [0.5, 0.6) is 0 Å². The highest BCUT2D eigenvalue weighted by Crippen LogP contribution is 2.16. The molecule has 0 saturated heterocycles. The molecular weight excluding hydrogens is 174 g/mol. The Morgan fingerprint density at radius 1 is 1.43 bits per heavy atom. The summed E-state index contributed by atoms with van der Waals surface area (Å²) in [5.41, 5.74) is 1.32. The average Bonchev–Trinajstić information content (AvgIpc) is 2.26. The second kappa shape index (κ2) is 5.73. The summed E-state index contributed by atoms with van der Waals surface area (Å²) >= 11 is 0. The minimum absolute atomic E-state index is 0.438. The van der Waals surface area contributed by atoms with Gasteiger partial charge in [0.1, 0.15) is 0 Å². The molecule has 0 spiro atoms. The van der Waals surface area contributed by atoms with Crippen molar-refractivity contribution in [1.29, 1.82) is 0 Å². The molecule has 14 heavy (non-hydrogen) atoms. The third-order valence-electron chi connectivity index (χ3n) is 2.52. The van der Waals surface area contributed by atoms with Gasteiger partial charge in [-0.25, -0.2) is 0 Å². The fraction of sp³-hybridized carbons (Fsp3) is 0.545. The van der Waals surface area contributed by atoms with E-state index in [0.717, 1.165) is 13.1 Å². The molecule has 0 saturated carbocycles. The van der Waals surface area contributed by atoms with Crippen LogP contribution in [0, 0.1) is 0 Å². The Balaban J connectivity index is 2.77. The zero-order chi connectivity index (χ0) is 10.4. The highest BCUT2D eigenvalue weighted by molar-refractivity contribution is 5.15. The Hall–Kier alpha value is -0.930. The number of pyridine rings is 1. The topological polar surface area (TPSA) is 28.2 Å². The van der Waals surface area contributed by atoms with Crippen molar-refractivity contribution < 1.29 is 0 Å². The molecule has 1 aromatic rings. The van der Waals surface area contributed by atoms with E-state index in [1.165, 1.54) is 5.56 Å². The Labute approximate surface area is 86.2 Å². The molecule has 1 N–H and O–H groups in total. The molecule has 1 unspecified atom stereocenters. The van der Waals surface area contributed by atoms with E-state index >= 15 is 0 Å². The fourth-order valence-corrected chi connectivity index (χ4v) is 1.53. The van der Waals surface area contributed by atoms with E-state index in [1.54, 1.807) is 0 Å². The maximum absolute atomic E-state index is 4.03.